The van der Waals surface area contributed by atoms with E-state index in [1.54, 1.807) is 31.6 Å². The van der Waals surface area contributed by atoms with Gasteiger partial charge in [-0.25, -0.2) is 9.37 Å². The number of hydrogen-bond acceptors (Lipinski definition) is 4. The first-order valence-corrected chi connectivity index (χ1v) is 8.56. The average Bonchev–Trinajstić information content (AvgIpc) is 2.63. The molecule has 0 atom stereocenters. The van der Waals surface area contributed by atoms with E-state index in [0.29, 0.717) is 11.8 Å². The maximum absolute atomic E-state index is 13.7. The molecule has 0 amide bonds. The maximum atomic E-state index is 13.7. The summed E-state index contributed by atoms with van der Waals surface area (Å²) in [5, 5.41) is 0. The molecule has 1 saturated heterocycles. The lowest BCUT2D eigenvalue weighted by atomic mass is 9.90. The molecule has 4 nitrogen and oxygen atoms in total. The molecule has 1 aromatic carbocycles. The Morgan fingerprint density at radius 1 is 1.17 bits per heavy atom. The molecule has 3 rings (SSSR count). The van der Waals surface area contributed by atoms with E-state index in [-0.39, 0.29) is 5.82 Å². The summed E-state index contributed by atoms with van der Waals surface area (Å²) in [4.78, 5) is 11.0. The highest BCUT2D eigenvalue weighted by Crippen LogP contribution is 2.25. The van der Waals surface area contributed by atoms with Crippen LogP contribution in [0.3, 0.4) is 0 Å². The lowest BCUT2D eigenvalue weighted by Crippen LogP contribution is -2.33. The fourth-order valence-electron chi connectivity index (χ4n) is 3.34. The highest BCUT2D eigenvalue weighted by molar-refractivity contribution is 5.18. The summed E-state index contributed by atoms with van der Waals surface area (Å²) in [6.07, 6.45) is 7.54. The third-order valence-corrected chi connectivity index (χ3v) is 4.79. The van der Waals surface area contributed by atoms with Crippen molar-refractivity contribution in [2.75, 3.05) is 20.2 Å². The summed E-state index contributed by atoms with van der Waals surface area (Å²) in [6, 6.07) is 7.10. The van der Waals surface area contributed by atoms with Gasteiger partial charge in [0, 0.05) is 18.9 Å². The molecular weight excluding hydrogens is 305 g/mol. The minimum Gasteiger partial charge on any atom is -0.480 e. The van der Waals surface area contributed by atoms with Gasteiger partial charge in [-0.05, 0) is 56.3 Å². The summed E-state index contributed by atoms with van der Waals surface area (Å²) >= 11 is 0. The highest BCUT2D eigenvalue weighted by atomic mass is 19.1. The van der Waals surface area contributed by atoms with E-state index in [2.05, 4.69) is 14.9 Å². The smallest absolute Gasteiger partial charge is 0.236 e. The Labute approximate surface area is 142 Å². The maximum Gasteiger partial charge on any atom is 0.236 e. The largest absolute Gasteiger partial charge is 0.480 e. The molecule has 1 aliphatic heterocycles. The molecule has 0 saturated carbocycles. The van der Waals surface area contributed by atoms with Gasteiger partial charge < -0.3 is 4.74 Å². The van der Waals surface area contributed by atoms with Crippen LogP contribution in [0.5, 0.6) is 5.88 Å². The zero-order valence-corrected chi connectivity index (χ0v) is 14.1. The summed E-state index contributed by atoms with van der Waals surface area (Å²) < 4.78 is 19.0. The lowest BCUT2D eigenvalue weighted by molar-refractivity contribution is 0.168. The molecule has 0 aliphatic carbocycles. The van der Waals surface area contributed by atoms with Crippen LogP contribution in [0.2, 0.25) is 0 Å². The molecule has 1 fully saturated rings. The Kier molecular flexibility index (Phi) is 5.75. The third-order valence-electron chi connectivity index (χ3n) is 4.79. The number of aromatic nitrogens is 2. The first-order valence-electron chi connectivity index (χ1n) is 8.56. The van der Waals surface area contributed by atoms with Crippen molar-refractivity contribution in [3.05, 3.63) is 53.7 Å². The molecular formula is C19H24FN3O. The molecule has 1 aromatic heterocycles. The Balaban J connectivity index is 1.47. The van der Waals surface area contributed by atoms with Crippen molar-refractivity contribution in [3.8, 4) is 5.88 Å². The van der Waals surface area contributed by atoms with Crippen LogP contribution in [-0.4, -0.2) is 35.1 Å². The number of hydrogen-bond donors (Lipinski definition) is 0. The van der Waals surface area contributed by atoms with E-state index < -0.39 is 0 Å². The van der Waals surface area contributed by atoms with Gasteiger partial charge in [-0.2, -0.15) is 0 Å². The van der Waals surface area contributed by atoms with Crippen molar-refractivity contribution in [2.45, 2.75) is 32.2 Å². The number of methoxy groups -OCH3 is 1. The zero-order chi connectivity index (χ0) is 16.8. The van der Waals surface area contributed by atoms with Crippen LogP contribution in [0, 0.1) is 11.7 Å². The van der Waals surface area contributed by atoms with Crippen molar-refractivity contribution < 1.29 is 9.13 Å². The Morgan fingerprint density at radius 3 is 2.67 bits per heavy atom. The summed E-state index contributed by atoms with van der Waals surface area (Å²) in [7, 11) is 1.63. The minimum atomic E-state index is -0.0790. The monoisotopic (exact) mass is 329 g/mol. The third kappa shape index (κ3) is 4.29. The predicted octanol–water partition coefficient (Wildman–Crippen LogP) is 3.47. The Hall–Kier alpha value is -2.01. The lowest BCUT2D eigenvalue weighted by Gasteiger charge is -2.31. The number of nitrogens with zero attached hydrogens (tertiary/aromatic N) is 3. The van der Waals surface area contributed by atoms with Gasteiger partial charge >= 0.3 is 0 Å². The molecule has 1 aliphatic rings. The molecule has 0 N–H and O–H groups in total. The van der Waals surface area contributed by atoms with E-state index >= 15 is 0 Å². The molecule has 2 aromatic rings. The average molecular weight is 329 g/mol. The second-order valence-electron chi connectivity index (χ2n) is 6.36. The predicted molar refractivity (Wildman–Crippen MR) is 91.3 cm³/mol. The number of rotatable bonds is 6. The van der Waals surface area contributed by atoms with E-state index in [0.717, 1.165) is 56.6 Å². The fraction of sp³-hybridized carbons (Fsp3) is 0.474. The van der Waals surface area contributed by atoms with Gasteiger partial charge in [0.15, 0.2) is 0 Å². The Morgan fingerprint density at radius 2 is 1.92 bits per heavy atom. The summed E-state index contributed by atoms with van der Waals surface area (Å²) in [5.41, 5.74) is 1.73. The number of piperidine rings is 1. The van der Waals surface area contributed by atoms with Crippen molar-refractivity contribution in [2.24, 2.45) is 5.92 Å². The highest BCUT2D eigenvalue weighted by Gasteiger charge is 2.21. The van der Waals surface area contributed by atoms with E-state index in [1.165, 1.54) is 0 Å². The molecule has 5 heteroatoms. The first kappa shape index (κ1) is 16.8. The summed E-state index contributed by atoms with van der Waals surface area (Å²) in [5.74, 6) is 1.20. The van der Waals surface area contributed by atoms with Gasteiger partial charge in [0.25, 0.3) is 0 Å². The van der Waals surface area contributed by atoms with Gasteiger partial charge in [0.2, 0.25) is 5.88 Å². The minimum absolute atomic E-state index is 0.0790. The fourth-order valence-corrected chi connectivity index (χ4v) is 3.34. The van der Waals surface area contributed by atoms with Crippen LogP contribution in [0.4, 0.5) is 4.39 Å². The molecule has 24 heavy (non-hydrogen) atoms. The van der Waals surface area contributed by atoms with Crippen molar-refractivity contribution in [3.63, 3.8) is 0 Å². The second-order valence-corrected chi connectivity index (χ2v) is 6.36. The van der Waals surface area contributed by atoms with E-state index in [1.807, 2.05) is 12.1 Å². The summed E-state index contributed by atoms with van der Waals surface area (Å²) in [6.45, 7) is 2.86. The van der Waals surface area contributed by atoms with Crippen LogP contribution in [0.15, 0.2) is 36.7 Å². The molecule has 0 radical (unpaired) electrons. The standard InChI is InChI=1S/C19H24FN3O/c1-24-19-18(21-10-11-22-19)14-23-12-8-15(9-13-23)6-7-16-4-2-3-5-17(16)20/h2-5,10-11,15H,6-9,12-14H2,1H3. The number of halogens is 1. The van der Waals surface area contributed by atoms with Gasteiger partial charge in [-0.1, -0.05) is 18.2 Å². The van der Waals surface area contributed by atoms with Crippen LogP contribution in [0.25, 0.3) is 0 Å². The van der Waals surface area contributed by atoms with Crippen LogP contribution in [-0.2, 0) is 13.0 Å². The molecule has 128 valence electrons. The second kappa shape index (κ2) is 8.20. The number of aryl methyl sites for hydroxylation is 1. The van der Waals surface area contributed by atoms with Gasteiger partial charge in [-0.3, -0.25) is 9.88 Å². The number of likely N-dealkylation sites (tertiary alicyclic amines) is 1. The quantitative estimate of drug-likeness (QED) is 0.813. The first-order chi connectivity index (χ1) is 11.8. The van der Waals surface area contributed by atoms with Gasteiger partial charge in [0.1, 0.15) is 11.5 Å². The van der Waals surface area contributed by atoms with E-state index in [4.69, 9.17) is 4.74 Å². The number of benzene rings is 1. The molecule has 0 unspecified atom stereocenters. The Bertz CT molecular complexity index is 657. The van der Waals surface area contributed by atoms with Crippen molar-refractivity contribution in [1.29, 1.82) is 0 Å². The van der Waals surface area contributed by atoms with Gasteiger partial charge in [-0.15, -0.1) is 0 Å². The van der Waals surface area contributed by atoms with Crippen LogP contribution < -0.4 is 4.74 Å². The van der Waals surface area contributed by atoms with Crippen LogP contribution >= 0.6 is 0 Å². The SMILES string of the molecule is COc1nccnc1CN1CCC(CCc2ccccc2F)CC1. The number of ether oxygens (including phenoxy) is 1. The molecule has 0 spiro atoms. The topological polar surface area (TPSA) is 38.3 Å². The van der Waals surface area contributed by atoms with Crippen molar-refractivity contribution in [1.82, 2.24) is 14.9 Å². The van der Waals surface area contributed by atoms with Gasteiger partial charge in [0.05, 0.1) is 7.11 Å². The molecule has 2 heterocycles. The molecule has 0 bridgehead atoms. The van der Waals surface area contributed by atoms with E-state index in [9.17, 15) is 4.39 Å². The van der Waals surface area contributed by atoms with Crippen molar-refractivity contribution >= 4 is 0 Å². The normalized spacial score (nSPS) is 16.2. The van der Waals surface area contributed by atoms with Crippen LogP contribution in [0.1, 0.15) is 30.5 Å². The zero-order valence-electron chi connectivity index (χ0n) is 14.1.